The number of hydrogen-bond acceptors (Lipinski definition) is 2. The summed E-state index contributed by atoms with van der Waals surface area (Å²) in [6, 6.07) is 1.19. The summed E-state index contributed by atoms with van der Waals surface area (Å²) in [5.74, 6) is 0.438. The Morgan fingerprint density at radius 1 is 0.714 bits per heavy atom. The van der Waals surface area contributed by atoms with E-state index in [1.807, 2.05) is 0 Å². The van der Waals surface area contributed by atoms with E-state index in [0.717, 1.165) is 13.0 Å². The maximum atomic E-state index is 13.2. The molecule has 0 aromatic carbocycles. The minimum atomic E-state index is 0.114. The number of rotatable bonds is 3. The number of nitrogens with one attached hydrogen (secondary N) is 1. The first kappa shape index (κ1) is 15.3. The summed E-state index contributed by atoms with van der Waals surface area (Å²) >= 11 is 0. The van der Waals surface area contributed by atoms with Crippen LogP contribution in [0.2, 0.25) is 0 Å². The summed E-state index contributed by atoms with van der Waals surface area (Å²) in [6.45, 7) is 1.03. The Labute approximate surface area is 129 Å². The Balaban J connectivity index is 1.71. The highest BCUT2D eigenvalue weighted by Gasteiger charge is 2.36. The van der Waals surface area contributed by atoms with E-state index in [0.29, 0.717) is 18.0 Å². The normalized spacial score (nSPS) is 29.2. The molecule has 1 saturated heterocycles. The van der Waals surface area contributed by atoms with E-state index < -0.39 is 0 Å². The fourth-order valence-electron chi connectivity index (χ4n) is 4.62. The summed E-state index contributed by atoms with van der Waals surface area (Å²) in [7, 11) is 0. The highest BCUT2D eigenvalue weighted by atomic mass is 16.2. The van der Waals surface area contributed by atoms with Crippen molar-refractivity contribution >= 4 is 5.91 Å². The van der Waals surface area contributed by atoms with Gasteiger partial charge in [-0.1, -0.05) is 44.9 Å². The van der Waals surface area contributed by atoms with Gasteiger partial charge in [0.05, 0.1) is 6.04 Å². The van der Waals surface area contributed by atoms with Crippen molar-refractivity contribution in [1.82, 2.24) is 10.2 Å². The summed E-state index contributed by atoms with van der Waals surface area (Å²) in [5, 5.41) is 3.49. The molecule has 1 atom stereocenters. The number of nitrogens with zero attached hydrogens (tertiary/aromatic N) is 1. The van der Waals surface area contributed by atoms with Crippen molar-refractivity contribution in [3.8, 4) is 0 Å². The maximum Gasteiger partial charge on any atom is 0.240 e. The van der Waals surface area contributed by atoms with Gasteiger partial charge in [-0.05, 0) is 45.1 Å². The van der Waals surface area contributed by atoms with E-state index in [-0.39, 0.29) is 6.04 Å². The molecule has 120 valence electrons. The van der Waals surface area contributed by atoms with E-state index in [9.17, 15) is 4.79 Å². The van der Waals surface area contributed by atoms with Crippen molar-refractivity contribution in [2.75, 3.05) is 6.54 Å². The first-order valence-electron chi connectivity index (χ1n) is 9.42. The molecule has 3 rings (SSSR count). The van der Waals surface area contributed by atoms with Crippen LogP contribution >= 0.6 is 0 Å². The molecule has 0 radical (unpaired) electrons. The second kappa shape index (κ2) is 7.62. The SMILES string of the molecule is O=C(C1CCCCN1)N(C1CCCCC1)C1CCCCC1. The number of hydrogen-bond donors (Lipinski definition) is 1. The van der Waals surface area contributed by atoms with Gasteiger partial charge in [0.2, 0.25) is 5.91 Å². The molecule has 3 nitrogen and oxygen atoms in total. The molecule has 1 heterocycles. The van der Waals surface area contributed by atoms with Gasteiger partial charge in [-0.25, -0.2) is 0 Å². The third-order valence-electron chi connectivity index (χ3n) is 5.80. The molecule has 1 N–H and O–H groups in total. The Morgan fingerprint density at radius 3 is 1.71 bits per heavy atom. The van der Waals surface area contributed by atoms with Crippen LogP contribution in [0.5, 0.6) is 0 Å². The molecular formula is C18H32N2O. The second-order valence-corrected chi connectivity index (χ2v) is 7.33. The zero-order valence-electron chi connectivity index (χ0n) is 13.5. The average Bonchev–Trinajstić information content (AvgIpc) is 2.58. The lowest BCUT2D eigenvalue weighted by molar-refractivity contribution is -0.141. The van der Waals surface area contributed by atoms with Crippen molar-refractivity contribution in [2.24, 2.45) is 0 Å². The Bertz CT molecular complexity index is 308. The smallest absolute Gasteiger partial charge is 0.240 e. The molecule has 3 fully saturated rings. The minimum absolute atomic E-state index is 0.114. The lowest BCUT2D eigenvalue weighted by Gasteiger charge is -2.44. The van der Waals surface area contributed by atoms with Crippen LogP contribution in [0.4, 0.5) is 0 Å². The first-order valence-corrected chi connectivity index (χ1v) is 9.42. The highest BCUT2D eigenvalue weighted by Crippen LogP contribution is 2.31. The fourth-order valence-corrected chi connectivity index (χ4v) is 4.62. The Hall–Kier alpha value is -0.570. The van der Waals surface area contributed by atoms with Gasteiger partial charge < -0.3 is 10.2 Å². The van der Waals surface area contributed by atoms with Crippen LogP contribution in [0.1, 0.15) is 83.5 Å². The van der Waals surface area contributed by atoms with Crippen molar-refractivity contribution in [2.45, 2.75) is 102 Å². The molecular weight excluding hydrogens is 260 g/mol. The zero-order chi connectivity index (χ0) is 14.5. The average molecular weight is 292 g/mol. The molecule has 3 aliphatic rings. The summed E-state index contributed by atoms with van der Waals surface area (Å²) in [6.07, 6.45) is 16.5. The largest absolute Gasteiger partial charge is 0.335 e. The van der Waals surface area contributed by atoms with Gasteiger partial charge in [-0.15, -0.1) is 0 Å². The van der Waals surface area contributed by atoms with Crippen LogP contribution in [0.3, 0.4) is 0 Å². The molecule has 2 saturated carbocycles. The van der Waals surface area contributed by atoms with Crippen LogP contribution < -0.4 is 5.32 Å². The third-order valence-corrected chi connectivity index (χ3v) is 5.80. The van der Waals surface area contributed by atoms with Crippen molar-refractivity contribution in [1.29, 1.82) is 0 Å². The van der Waals surface area contributed by atoms with Crippen LogP contribution in [0.15, 0.2) is 0 Å². The number of amides is 1. The lowest BCUT2D eigenvalue weighted by atomic mass is 9.87. The van der Waals surface area contributed by atoms with Gasteiger partial charge >= 0.3 is 0 Å². The minimum Gasteiger partial charge on any atom is -0.335 e. The van der Waals surface area contributed by atoms with E-state index in [2.05, 4.69) is 10.2 Å². The molecule has 0 aromatic rings. The third kappa shape index (κ3) is 3.80. The van der Waals surface area contributed by atoms with Crippen molar-refractivity contribution in [3.63, 3.8) is 0 Å². The quantitative estimate of drug-likeness (QED) is 0.861. The van der Waals surface area contributed by atoms with Gasteiger partial charge in [-0.2, -0.15) is 0 Å². The molecule has 1 amide bonds. The van der Waals surface area contributed by atoms with Crippen LogP contribution in [-0.4, -0.2) is 35.5 Å². The van der Waals surface area contributed by atoms with Gasteiger partial charge in [0.25, 0.3) is 0 Å². The molecule has 0 aromatic heterocycles. The zero-order valence-corrected chi connectivity index (χ0v) is 13.5. The second-order valence-electron chi connectivity index (χ2n) is 7.33. The van der Waals surface area contributed by atoms with Crippen LogP contribution in [0, 0.1) is 0 Å². The van der Waals surface area contributed by atoms with Gasteiger partial charge in [0.15, 0.2) is 0 Å². The molecule has 2 aliphatic carbocycles. The molecule has 0 spiro atoms. The predicted molar refractivity (Wildman–Crippen MR) is 86.2 cm³/mol. The summed E-state index contributed by atoms with van der Waals surface area (Å²) in [5.41, 5.74) is 0. The topological polar surface area (TPSA) is 32.3 Å². The van der Waals surface area contributed by atoms with E-state index in [4.69, 9.17) is 0 Å². The Kier molecular flexibility index (Phi) is 5.56. The van der Waals surface area contributed by atoms with E-state index in [1.165, 1.54) is 77.0 Å². The van der Waals surface area contributed by atoms with Crippen LogP contribution in [-0.2, 0) is 4.79 Å². The van der Waals surface area contributed by atoms with Crippen molar-refractivity contribution in [3.05, 3.63) is 0 Å². The molecule has 3 heteroatoms. The lowest BCUT2D eigenvalue weighted by Crippen LogP contribution is -2.56. The molecule has 0 bridgehead atoms. The Morgan fingerprint density at radius 2 is 1.24 bits per heavy atom. The summed E-state index contributed by atoms with van der Waals surface area (Å²) in [4.78, 5) is 15.5. The monoisotopic (exact) mass is 292 g/mol. The van der Waals surface area contributed by atoms with Crippen molar-refractivity contribution < 1.29 is 4.79 Å². The van der Waals surface area contributed by atoms with Gasteiger partial charge in [0.1, 0.15) is 0 Å². The predicted octanol–water partition coefficient (Wildman–Crippen LogP) is 3.62. The fraction of sp³-hybridized carbons (Fsp3) is 0.944. The van der Waals surface area contributed by atoms with E-state index >= 15 is 0 Å². The maximum absolute atomic E-state index is 13.2. The molecule has 21 heavy (non-hydrogen) atoms. The van der Waals surface area contributed by atoms with Gasteiger partial charge in [0, 0.05) is 12.1 Å². The number of carbonyl (C=O) groups is 1. The first-order chi connectivity index (χ1) is 10.4. The van der Waals surface area contributed by atoms with Gasteiger partial charge in [-0.3, -0.25) is 4.79 Å². The standard InChI is InChI=1S/C18H32N2O/c21-18(17-13-7-8-14-19-17)20(15-9-3-1-4-10-15)16-11-5-2-6-12-16/h15-17,19H,1-14H2. The number of carbonyl (C=O) groups excluding carboxylic acids is 1. The van der Waals surface area contributed by atoms with Crippen LogP contribution in [0.25, 0.3) is 0 Å². The molecule has 1 unspecified atom stereocenters. The molecule has 1 aliphatic heterocycles. The summed E-state index contributed by atoms with van der Waals surface area (Å²) < 4.78 is 0. The highest BCUT2D eigenvalue weighted by molar-refractivity contribution is 5.82. The van der Waals surface area contributed by atoms with E-state index in [1.54, 1.807) is 0 Å². The number of piperidine rings is 1.